The summed E-state index contributed by atoms with van der Waals surface area (Å²) in [7, 11) is 0. The zero-order chi connectivity index (χ0) is 16.3. The van der Waals surface area contributed by atoms with Crippen molar-refractivity contribution in [1.29, 1.82) is 0 Å². The van der Waals surface area contributed by atoms with Crippen LogP contribution in [0.25, 0.3) is 0 Å². The summed E-state index contributed by atoms with van der Waals surface area (Å²) < 4.78 is 37.9. The number of benzene rings is 2. The number of carbonyl (C=O) groups is 1. The van der Waals surface area contributed by atoms with Crippen LogP contribution in [0.1, 0.15) is 22.3 Å². The van der Waals surface area contributed by atoms with Crippen LogP contribution < -0.4 is 5.32 Å². The Kier molecular flexibility index (Phi) is 4.54. The Morgan fingerprint density at radius 3 is 2.41 bits per heavy atom. The van der Waals surface area contributed by atoms with Crippen LogP contribution in [0.5, 0.6) is 0 Å². The van der Waals surface area contributed by atoms with Gasteiger partial charge in [0.25, 0.3) is 0 Å². The molecule has 2 rings (SSSR count). The quantitative estimate of drug-likeness (QED) is 0.888. The Morgan fingerprint density at radius 2 is 1.77 bits per heavy atom. The third-order valence-corrected chi connectivity index (χ3v) is 3.41. The first kappa shape index (κ1) is 16.1. The average Bonchev–Trinajstić information content (AvgIpc) is 2.42. The van der Waals surface area contributed by atoms with Gasteiger partial charge in [0.15, 0.2) is 0 Å². The van der Waals surface area contributed by atoms with Crippen molar-refractivity contribution in [2.45, 2.75) is 26.4 Å². The molecular weight excluding hydrogens is 291 g/mol. The van der Waals surface area contributed by atoms with Crippen molar-refractivity contribution in [3.63, 3.8) is 0 Å². The van der Waals surface area contributed by atoms with Gasteiger partial charge in [-0.2, -0.15) is 13.2 Å². The number of rotatable bonds is 3. The van der Waals surface area contributed by atoms with E-state index < -0.39 is 11.7 Å². The standard InChI is InChI=1S/C17H16F3NO/c1-11-6-7-15(8-12(11)2)21-16(22)10-13-4-3-5-14(9-13)17(18,19)20/h3-9H,10H2,1-2H3,(H,21,22). The van der Waals surface area contributed by atoms with Gasteiger partial charge in [0, 0.05) is 5.69 Å². The Hall–Kier alpha value is -2.30. The van der Waals surface area contributed by atoms with E-state index in [1.165, 1.54) is 12.1 Å². The monoisotopic (exact) mass is 307 g/mol. The molecule has 0 heterocycles. The van der Waals surface area contributed by atoms with E-state index in [4.69, 9.17) is 0 Å². The zero-order valence-electron chi connectivity index (χ0n) is 12.3. The topological polar surface area (TPSA) is 29.1 Å². The molecule has 0 aliphatic heterocycles. The zero-order valence-corrected chi connectivity index (χ0v) is 12.3. The highest BCUT2D eigenvalue weighted by Crippen LogP contribution is 2.29. The minimum atomic E-state index is -4.40. The largest absolute Gasteiger partial charge is 0.416 e. The first-order chi connectivity index (χ1) is 10.3. The van der Waals surface area contributed by atoms with Crippen molar-refractivity contribution in [2.24, 2.45) is 0 Å². The molecule has 0 aliphatic rings. The molecule has 116 valence electrons. The Balaban J connectivity index is 2.07. The van der Waals surface area contributed by atoms with Gasteiger partial charge < -0.3 is 5.32 Å². The maximum absolute atomic E-state index is 12.6. The highest BCUT2D eigenvalue weighted by Gasteiger charge is 2.30. The van der Waals surface area contributed by atoms with Crippen LogP contribution in [0.4, 0.5) is 18.9 Å². The molecule has 22 heavy (non-hydrogen) atoms. The number of aryl methyl sites for hydroxylation is 2. The van der Waals surface area contributed by atoms with E-state index in [0.717, 1.165) is 23.3 Å². The molecule has 0 aromatic heterocycles. The molecule has 0 saturated carbocycles. The summed E-state index contributed by atoms with van der Waals surface area (Å²) in [5.74, 6) is -0.345. The lowest BCUT2D eigenvalue weighted by Gasteiger charge is -2.10. The molecule has 2 aromatic carbocycles. The third kappa shape index (κ3) is 4.10. The van der Waals surface area contributed by atoms with Gasteiger partial charge in [-0.05, 0) is 48.7 Å². The molecule has 0 unspecified atom stereocenters. The summed E-state index contributed by atoms with van der Waals surface area (Å²) in [5.41, 5.74) is 2.37. The number of anilines is 1. The van der Waals surface area contributed by atoms with Gasteiger partial charge in [0.1, 0.15) is 0 Å². The number of hydrogen-bond donors (Lipinski definition) is 1. The van der Waals surface area contributed by atoms with Gasteiger partial charge in [-0.15, -0.1) is 0 Å². The molecule has 0 bridgehead atoms. The summed E-state index contributed by atoms with van der Waals surface area (Å²) in [6, 6.07) is 10.3. The van der Waals surface area contributed by atoms with Crippen molar-refractivity contribution in [2.75, 3.05) is 5.32 Å². The third-order valence-electron chi connectivity index (χ3n) is 3.41. The fraction of sp³-hybridized carbons (Fsp3) is 0.235. The van der Waals surface area contributed by atoms with Gasteiger partial charge in [0.2, 0.25) is 5.91 Å². The van der Waals surface area contributed by atoms with E-state index in [1.807, 2.05) is 26.0 Å². The van der Waals surface area contributed by atoms with E-state index >= 15 is 0 Å². The van der Waals surface area contributed by atoms with Gasteiger partial charge in [-0.25, -0.2) is 0 Å². The lowest BCUT2D eigenvalue weighted by molar-refractivity contribution is -0.137. The fourth-order valence-electron chi connectivity index (χ4n) is 2.07. The second-order valence-corrected chi connectivity index (χ2v) is 5.22. The minimum absolute atomic E-state index is 0.100. The highest BCUT2D eigenvalue weighted by atomic mass is 19.4. The molecule has 0 radical (unpaired) electrons. The molecule has 0 aliphatic carbocycles. The molecule has 5 heteroatoms. The highest BCUT2D eigenvalue weighted by molar-refractivity contribution is 5.92. The van der Waals surface area contributed by atoms with Gasteiger partial charge in [-0.3, -0.25) is 4.79 Å². The van der Waals surface area contributed by atoms with Crippen LogP contribution in [-0.2, 0) is 17.4 Å². The Bertz CT molecular complexity index is 693. The van der Waals surface area contributed by atoms with Crippen molar-refractivity contribution in [3.8, 4) is 0 Å². The molecule has 0 fully saturated rings. The lowest BCUT2D eigenvalue weighted by Crippen LogP contribution is -2.15. The summed E-state index contributed by atoms with van der Waals surface area (Å²) in [6.07, 6.45) is -4.50. The summed E-state index contributed by atoms with van der Waals surface area (Å²) in [5, 5.41) is 2.70. The van der Waals surface area contributed by atoms with Gasteiger partial charge in [-0.1, -0.05) is 24.3 Å². The molecular formula is C17H16F3NO. The maximum atomic E-state index is 12.6. The second kappa shape index (κ2) is 6.22. The first-order valence-corrected chi connectivity index (χ1v) is 6.79. The number of amides is 1. The van der Waals surface area contributed by atoms with E-state index in [1.54, 1.807) is 6.07 Å². The molecule has 0 saturated heterocycles. The number of nitrogens with one attached hydrogen (secondary N) is 1. The molecule has 1 N–H and O–H groups in total. The number of halogens is 3. The van der Waals surface area contributed by atoms with Crippen molar-refractivity contribution in [1.82, 2.24) is 0 Å². The minimum Gasteiger partial charge on any atom is -0.326 e. The van der Waals surface area contributed by atoms with Crippen LogP contribution in [0.2, 0.25) is 0 Å². The first-order valence-electron chi connectivity index (χ1n) is 6.79. The van der Waals surface area contributed by atoms with Crippen molar-refractivity contribution in [3.05, 3.63) is 64.7 Å². The molecule has 2 nitrogen and oxygen atoms in total. The maximum Gasteiger partial charge on any atom is 0.416 e. The van der Waals surface area contributed by atoms with Gasteiger partial charge in [0.05, 0.1) is 12.0 Å². The SMILES string of the molecule is Cc1ccc(NC(=O)Cc2cccc(C(F)(F)F)c2)cc1C. The predicted octanol–water partition coefficient (Wildman–Crippen LogP) is 4.50. The van der Waals surface area contributed by atoms with Crippen molar-refractivity contribution < 1.29 is 18.0 Å². The second-order valence-electron chi connectivity index (χ2n) is 5.22. The molecule has 0 atom stereocenters. The molecule has 0 spiro atoms. The Labute approximate surface area is 127 Å². The fourth-order valence-corrected chi connectivity index (χ4v) is 2.07. The normalized spacial score (nSPS) is 11.3. The van der Waals surface area contributed by atoms with Crippen molar-refractivity contribution >= 4 is 11.6 Å². The Morgan fingerprint density at radius 1 is 1.05 bits per heavy atom. The van der Waals surface area contributed by atoms with E-state index in [0.29, 0.717) is 11.3 Å². The van der Waals surface area contributed by atoms with Crippen LogP contribution in [0.15, 0.2) is 42.5 Å². The predicted molar refractivity (Wildman–Crippen MR) is 79.7 cm³/mol. The summed E-state index contributed by atoms with van der Waals surface area (Å²) in [6.45, 7) is 3.89. The summed E-state index contributed by atoms with van der Waals surface area (Å²) >= 11 is 0. The van der Waals surface area contributed by atoms with E-state index in [9.17, 15) is 18.0 Å². The van der Waals surface area contributed by atoms with E-state index in [-0.39, 0.29) is 12.3 Å². The number of carbonyl (C=O) groups excluding carboxylic acids is 1. The van der Waals surface area contributed by atoms with Crippen LogP contribution in [0, 0.1) is 13.8 Å². The van der Waals surface area contributed by atoms with Gasteiger partial charge >= 0.3 is 6.18 Å². The van der Waals surface area contributed by atoms with Crippen LogP contribution in [-0.4, -0.2) is 5.91 Å². The number of hydrogen-bond acceptors (Lipinski definition) is 1. The molecule has 2 aromatic rings. The lowest BCUT2D eigenvalue weighted by atomic mass is 10.1. The number of alkyl halides is 3. The van der Waals surface area contributed by atoms with Crippen LogP contribution in [0.3, 0.4) is 0 Å². The van der Waals surface area contributed by atoms with E-state index in [2.05, 4.69) is 5.32 Å². The smallest absolute Gasteiger partial charge is 0.326 e. The molecule has 1 amide bonds. The average molecular weight is 307 g/mol. The van der Waals surface area contributed by atoms with Crippen LogP contribution >= 0.6 is 0 Å². The summed E-state index contributed by atoms with van der Waals surface area (Å²) in [4.78, 5) is 11.9.